The van der Waals surface area contributed by atoms with E-state index in [2.05, 4.69) is 15.6 Å². The Kier molecular flexibility index (Phi) is 11.4. The fourth-order valence-electron chi connectivity index (χ4n) is 2.79. The Morgan fingerprint density at radius 2 is 1.89 bits per heavy atom. The van der Waals surface area contributed by atoms with Gasteiger partial charge in [0.1, 0.15) is 13.2 Å². The van der Waals surface area contributed by atoms with Gasteiger partial charge in [-0.05, 0) is 38.5 Å². The lowest BCUT2D eigenvalue weighted by Crippen LogP contribution is -2.40. The Balaban J connectivity index is 0.00000392. The molecule has 2 rings (SSSR count). The summed E-state index contributed by atoms with van der Waals surface area (Å²) in [4.78, 5) is 18.5. The quantitative estimate of drug-likeness (QED) is 0.311. The van der Waals surface area contributed by atoms with Crippen LogP contribution in [0, 0.1) is 0 Å². The van der Waals surface area contributed by atoms with Crippen LogP contribution in [-0.4, -0.2) is 56.2 Å². The summed E-state index contributed by atoms with van der Waals surface area (Å²) in [6.07, 6.45) is 0.432. The molecule has 1 aliphatic rings. The largest absolute Gasteiger partial charge is 0.486 e. The van der Waals surface area contributed by atoms with Crippen LogP contribution in [0.5, 0.6) is 11.5 Å². The molecule has 0 saturated carbocycles. The number of hydrogen-bond acceptors (Lipinski definition) is 4. The predicted molar refractivity (Wildman–Crippen MR) is 123 cm³/mol. The zero-order chi connectivity index (χ0) is 19.6. The molecular weight excluding hydrogens is 495 g/mol. The minimum Gasteiger partial charge on any atom is -0.486 e. The molecule has 7 nitrogen and oxygen atoms in total. The molecular formula is C19H30ClIN4O3. The number of carbonyl (C=O) groups excluding carboxylic acids is 1. The van der Waals surface area contributed by atoms with Gasteiger partial charge in [0.2, 0.25) is 5.91 Å². The molecule has 9 heteroatoms. The topological polar surface area (TPSA) is 75.2 Å². The highest BCUT2D eigenvalue weighted by atomic mass is 127. The molecule has 1 aromatic carbocycles. The Morgan fingerprint density at radius 1 is 1.18 bits per heavy atom. The van der Waals surface area contributed by atoms with Crippen LogP contribution < -0.4 is 20.1 Å². The van der Waals surface area contributed by atoms with Gasteiger partial charge in [0.15, 0.2) is 17.5 Å². The van der Waals surface area contributed by atoms with Crippen LogP contribution in [0.15, 0.2) is 17.1 Å². The van der Waals surface area contributed by atoms with E-state index in [1.165, 1.54) is 0 Å². The third-order valence-electron chi connectivity index (χ3n) is 4.17. The van der Waals surface area contributed by atoms with E-state index in [1.54, 1.807) is 0 Å². The van der Waals surface area contributed by atoms with Crippen molar-refractivity contribution in [2.45, 2.75) is 33.7 Å². The monoisotopic (exact) mass is 524 g/mol. The van der Waals surface area contributed by atoms with Gasteiger partial charge < -0.3 is 25.0 Å². The first-order valence-corrected chi connectivity index (χ1v) is 9.84. The lowest BCUT2D eigenvalue weighted by atomic mass is 10.2. The predicted octanol–water partition coefficient (Wildman–Crippen LogP) is 3.04. The lowest BCUT2D eigenvalue weighted by Gasteiger charge is -2.20. The van der Waals surface area contributed by atoms with Crippen LogP contribution in [0.25, 0.3) is 0 Å². The number of nitrogens with zero attached hydrogens (tertiary/aromatic N) is 2. The van der Waals surface area contributed by atoms with Crippen LogP contribution in [0.3, 0.4) is 0 Å². The SMILES string of the molecule is CCNC(=NCc1cc(Cl)c2c(c1)OCCO2)NCCC(=O)N(CC)CC.I. The van der Waals surface area contributed by atoms with Crippen molar-refractivity contribution >= 4 is 47.4 Å². The van der Waals surface area contributed by atoms with Crippen LogP contribution in [0.2, 0.25) is 5.02 Å². The summed E-state index contributed by atoms with van der Waals surface area (Å²) in [5.41, 5.74) is 0.931. The number of carbonyl (C=O) groups is 1. The Hall–Kier alpha value is -1.42. The highest BCUT2D eigenvalue weighted by Crippen LogP contribution is 2.38. The summed E-state index contributed by atoms with van der Waals surface area (Å²) in [5.74, 6) is 2.05. The van der Waals surface area contributed by atoms with Gasteiger partial charge in [0, 0.05) is 32.6 Å². The molecule has 0 fully saturated rings. The molecule has 1 heterocycles. The van der Waals surface area contributed by atoms with Gasteiger partial charge in [-0.2, -0.15) is 0 Å². The van der Waals surface area contributed by atoms with E-state index in [-0.39, 0.29) is 29.9 Å². The van der Waals surface area contributed by atoms with Gasteiger partial charge in [-0.1, -0.05) is 11.6 Å². The van der Waals surface area contributed by atoms with Crippen molar-refractivity contribution in [3.8, 4) is 11.5 Å². The van der Waals surface area contributed by atoms with Crippen molar-refractivity contribution in [1.82, 2.24) is 15.5 Å². The molecule has 28 heavy (non-hydrogen) atoms. The van der Waals surface area contributed by atoms with Crippen LogP contribution in [0.1, 0.15) is 32.8 Å². The number of nitrogens with one attached hydrogen (secondary N) is 2. The van der Waals surface area contributed by atoms with Crippen LogP contribution >= 0.6 is 35.6 Å². The van der Waals surface area contributed by atoms with Crippen molar-refractivity contribution in [1.29, 1.82) is 0 Å². The summed E-state index contributed by atoms with van der Waals surface area (Å²) in [6, 6.07) is 3.74. The van der Waals surface area contributed by atoms with Crippen molar-refractivity contribution in [3.05, 3.63) is 22.7 Å². The van der Waals surface area contributed by atoms with E-state index < -0.39 is 0 Å². The minimum atomic E-state index is 0. The second-order valence-corrected chi connectivity index (χ2v) is 6.45. The molecule has 0 radical (unpaired) electrons. The standard InChI is InChI=1S/C19H29ClN4O3.HI/c1-4-21-19(22-8-7-17(25)24(5-2)6-3)23-13-14-11-15(20)18-16(12-14)26-9-10-27-18;/h11-12H,4-10,13H2,1-3H3,(H2,21,22,23);1H. The van der Waals surface area contributed by atoms with Gasteiger partial charge in [0.05, 0.1) is 11.6 Å². The summed E-state index contributed by atoms with van der Waals surface area (Å²) in [6.45, 7) is 10.2. The molecule has 0 saturated heterocycles. The molecule has 0 unspecified atom stereocenters. The number of fused-ring (bicyclic) bond motifs is 1. The lowest BCUT2D eigenvalue weighted by molar-refractivity contribution is -0.130. The number of amides is 1. The molecule has 1 aliphatic heterocycles. The van der Waals surface area contributed by atoms with Gasteiger partial charge in [0.25, 0.3) is 0 Å². The third kappa shape index (κ3) is 7.20. The van der Waals surface area contributed by atoms with Crippen LogP contribution in [0.4, 0.5) is 0 Å². The average molecular weight is 525 g/mol. The maximum Gasteiger partial charge on any atom is 0.224 e. The first-order chi connectivity index (χ1) is 13.1. The van der Waals surface area contributed by atoms with Crippen LogP contribution in [-0.2, 0) is 11.3 Å². The first-order valence-electron chi connectivity index (χ1n) is 9.46. The third-order valence-corrected chi connectivity index (χ3v) is 4.45. The number of ether oxygens (including phenoxy) is 2. The van der Waals surface area contributed by atoms with Crippen molar-refractivity contribution < 1.29 is 14.3 Å². The molecule has 1 amide bonds. The Morgan fingerprint density at radius 3 is 2.57 bits per heavy atom. The second-order valence-electron chi connectivity index (χ2n) is 6.04. The molecule has 0 atom stereocenters. The van der Waals surface area contributed by atoms with E-state index >= 15 is 0 Å². The van der Waals surface area contributed by atoms with E-state index in [1.807, 2.05) is 37.8 Å². The average Bonchev–Trinajstić information content (AvgIpc) is 2.67. The molecule has 0 aromatic heterocycles. The first kappa shape index (κ1) is 24.6. The van der Waals surface area contributed by atoms with E-state index in [0.717, 1.165) is 25.2 Å². The molecule has 0 aliphatic carbocycles. The zero-order valence-electron chi connectivity index (χ0n) is 16.7. The summed E-state index contributed by atoms with van der Waals surface area (Å²) >= 11 is 6.27. The highest BCUT2D eigenvalue weighted by Gasteiger charge is 2.16. The van der Waals surface area contributed by atoms with E-state index in [4.69, 9.17) is 21.1 Å². The molecule has 0 bridgehead atoms. The highest BCUT2D eigenvalue weighted by molar-refractivity contribution is 14.0. The van der Waals surface area contributed by atoms with Gasteiger partial charge in [-0.3, -0.25) is 4.79 Å². The van der Waals surface area contributed by atoms with Gasteiger partial charge in [-0.15, -0.1) is 24.0 Å². The van der Waals surface area contributed by atoms with E-state index in [0.29, 0.717) is 55.2 Å². The second kappa shape index (κ2) is 12.9. The van der Waals surface area contributed by atoms with Crippen molar-refractivity contribution in [3.63, 3.8) is 0 Å². The summed E-state index contributed by atoms with van der Waals surface area (Å²) in [5, 5.41) is 6.92. The molecule has 0 spiro atoms. The van der Waals surface area contributed by atoms with Gasteiger partial charge in [-0.25, -0.2) is 4.99 Å². The summed E-state index contributed by atoms with van der Waals surface area (Å²) < 4.78 is 11.1. The number of rotatable bonds is 8. The van der Waals surface area contributed by atoms with Crippen molar-refractivity contribution in [2.24, 2.45) is 4.99 Å². The van der Waals surface area contributed by atoms with Gasteiger partial charge >= 0.3 is 0 Å². The number of halogens is 2. The fraction of sp³-hybridized carbons (Fsp3) is 0.579. The van der Waals surface area contributed by atoms with E-state index in [9.17, 15) is 4.79 Å². The molecule has 1 aromatic rings. The summed E-state index contributed by atoms with van der Waals surface area (Å²) in [7, 11) is 0. The normalized spacial score (nSPS) is 12.8. The fourth-order valence-corrected chi connectivity index (χ4v) is 3.08. The maximum atomic E-state index is 12.1. The van der Waals surface area contributed by atoms with Crippen molar-refractivity contribution in [2.75, 3.05) is 39.4 Å². The Labute approximate surface area is 189 Å². The number of benzene rings is 1. The minimum absolute atomic E-state index is 0. The maximum absolute atomic E-state index is 12.1. The number of aliphatic imine (C=N–C) groups is 1. The molecule has 158 valence electrons. The zero-order valence-corrected chi connectivity index (χ0v) is 19.8. The smallest absolute Gasteiger partial charge is 0.224 e. The number of hydrogen-bond donors (Lipinski definition) is 2. The number of guanidine groups is 1. The Bertz CT molecular complexity index is 669. The molecule has 2 N–H and O–H groups in total.